The molecule has 0 saturated carbocycles. The quantitative estimate of drug-likeness (QED) is 0.648. The van der Waals surface area contributed by atoms with Crippen LogP contribution in [0.25, 0.3) is 0 Å². The summed E-state index contributed by atoms with van der Waals surface area (Å²) < 4.78 is 0. The van der Waals surface area contributed by atoms with Crippen LogP contribution in [0.15, 0.2) is 30.6 Å². The lowest BCUT2D eigenvalue weighted by Crippen LogP contribution is -2.51. The minimum absolute atomic E-state index is 0.139. The second kappa shape index (κ2) is 10.2. The summed E-state index contributed by atoms with van der Waals surface area (Å²) in [6, 6.07) is 7.61. The van der Waals surface area contributed by atoms with E-state index >= 15 is 0 Å². The van der Waals surface area contributed by atoms with Crippen LogP contribution in [0.2, 0.25) is 5.02 Å². The first-order valence-electron chi connectivity index (χ1n) is 12.2. The number of hydrogen-bond donors (Lipinski definition) is 2. The van der Waals surface area contributed by atoms with Gasteiger partial charge in [0.1, 0.15) is 12.1 Å². The van der Waals surface area contributed by atoms with E-state index in [2.05, 4.69) is 47.9 Å². The van der Waals surface area contributed by atoms with Crippen LogP contribution in [-0.2, 0) is 4.79 Å². The van der Waals surface area contributed by atoms with Crippen molar-refractivity contribution in [3.8, 4) is 0 Å². The Morgan fingerprint density at radius 1 is 1.18 bits per heavy atom. The maximum Gasteiger partial charge on any atom is 0.231 e. The van der Waals surface area contributed by atoms with Crippen LogP contribution in [0, 0.1) is 5.41 Å². The standard InChI is InChI=1S/C26H36ClN5O2/c1-17-13-21(33)23-22(17)24(30-16-29-23)31-9-11-32(12-10-31)25(34)20(14-28-15-26(2,3)4)18-5-7-19(27)8-6-18/h5-8,16-17,20-21,28,33H,9-15H2,1-4H3/t17-,20?,21-/m1/s1. The topological polar surface area (TPSA) is 81.6 Å². The van der Waals surface area contributed by atoms with Gasteiger partial charge in [0.15, 0.2) is 0 Å². The summed E-state index contributed by atoms with van der Waals surface area (Å²) in [5, 5.41) is 14.5. The fourth-order valence-electron chi connectivity index (χ4n) is 4.95. The van der Waals surface area contributed by atoms with E-state index in [0.717, 1.165) is 29.2 Å². The van der Waals surface area contributed by atoms with Crippen molar-refractivity contribution < 1.29 is 9.90 Å². The number of carbonyl (C=O) groups excluding carboxylic acids is 1. The lowest BCUT2D eigenvalue weighted by Gasteiger charge is -2.38. The monoisotopic (exact) mass is 485 g/mol. The molecule has 0 bridgehead atoms. The Kier molecular flexibility index (Phi) is 7.45. The summed E-state index contributed by atoms with van der Waals surface area (Å²) in [5.74, 6) is 1.01. The van der Waals surface area contributed by atoms with Crippen molar-refractivity contribution in [1.82, 2.24) is 20.2 Å². The van der Waals surface area contributed by atoms with Crippen molar-refractivity contribution in [2.75, 3.05) is 44.2 Å². The molecule has 1 saturated heterocycles. The van der Waals surface area contributed by atoms with E-state index in [0.29, 0.717) is 44.2 Å². The molecule has 34 heavy (non-hydrogen) atoms. The number of aromatic nitrogens is 2. The van der Waals surface area contributed by atoms with Crippen molar-refractivity contribution in [3.63, 3.8) is 0 Å². The first-order chi connectivity index (χ1) is 16.1. The molecule has 1 aliphatic carbocycles. The number of fused-ring (bicyclic) bond motifs is 1. The largest absolute Gasteiger partial charge is 0.387 e. The SMILES string of the molecule is C[C@@H]1C[C@@H](O)c2ncnc(N3CCN(C(=O)C(CNCC(C)(C)C)c4ccc(Cl)cc4)CC3)c21. The van der Waals surface area contributed by atoms with Gasteiger partial charge in [-0.2, -0.15) is 0 Å². The fraction of sp³-hybridized carbons (Fsp3) is 0.577. The molecule has 2 aromatic rings. The normalized spacial score (nSPS) is 21.5. The summed E-state index contributed by atoms with van der Waals surface area (Å²) in [6.07, 6.45) is 1.71. The van der Waals surface area contributed by atoms with E-state index in [4.69, 9.17) is 11.6 Å². The molecular weight excluding hydrogens is 450 g/mol. The third-order valence-corrected chi connectivity index (χ3v) is 7.00. The summed E-state index contributed by atoms with van der Waals surface area (Å²) in [5.41, 5.74) is 2.93. The first-order valence-corrected chi connectivity index (χ1v) is 12.5. The van der Waals surface area contributed by atoms with Gasteiger partial charge >= 0.3 is 0 Å². The van der Waals surface area contributed by atoms with Gasteiger partial charge in [0, 0.05) is 49.9 Å². The smallest absolute Gasteiger partial charge is 0.231 e. The first kappa shape index (κ1) is 24.9. The van der Waals surface area contributed by atoms with E-state index in [1.165, 1.54) is 0 Å². The van der Waals surface area contributed by atoms with Crippen LogP contribution >= 0.6 is 11.6 Å². The molecule has 1 fully saturated rings. The number of carbonyl (C=O) groups is 1. The minimum atomic E-state index is -0.518. The molecule has 1 amide bonds. The molecule has 1 aliphatic heterocycles. The van der Waals surface area contributed by atoms with E-state index in [9.17, 15) is 9.90 Å². The summed E-state index contributed by atoms with van der Waals surface area (Å²) >= 11 is 6.10. The minimum Gasteiger partial charge on any atom is -0.387 e. The number of nitrogens with zero attached hydrogens (tertiary/aromatic N) is 4. The number of aliphatic hydroxyl groups excluding tert-OH is 1. The number of halogens is 1. The maximum absolute atomic E-state index is 13.6. The van der Waals surface area contributed by atoms with E-state index < -0.39 is 6.10 Å². The maximum atomic E-state index is 13.6. The predicted octanol–water partition coefficient (Wildman–Crippen LogP) is 3.74. The zero-order chi connectivity index (χ0) is 24.5. The van der Waals surface area contributed by atoms with Gasteiger partial charge in [-0.1, -0.05) is 51.4 Å². The van der Waals surface area contributed by atoms with Crippen LogP contribution in [0.3, 0.4) is 0 Å². The number of piperazine rings is 1. The Morgan fingerprint density at radius 2 is 1.85 bits per heavy atom. The van der Waals surface area contributed by atoms with E-state index in [-0.39, 0.29) is 23.2 Å². The Hall–Kier alpha value is -2.22. The van der Waals surface area contributed by atoms with Gasteiger partial charge in [0.2, 0.25) is 5.91 Å². The number of amides is 1. The van der Waals surface area contributed by atoms with Crippen molar-refractivity contribution in [2.45, 2.75) is 52.1 Å². The molecule has 2 aliphatic rings. The predicted molar refractivity (Wildman–Crippen MR) is 135 cm³/mol. The molecule has 7 nitrogen and oxygen atoms in total. The number of benzene rings is 1. The third-order valence-electron chi connectivity index (χ3n) is 6.74. The zero-order valence-electron chi connectivity index (χ0n) is 20.6. The summed E-state index contributed by atoms with van der Waals surface area (Å²) in [4.78, 5) is 26.7. The highest BCUT2D eigenvalue weighted by molar-refractivity contribution is 6.30. The van der Waals surface area contributed by atoms with Crippen LogP contribution in [0.5, 0.6) is 0 Å². The Morgan fingerprint density at radius 3 is 2.50 bits per heavy atom. The molecule has 8 heteroatoms. The summed E-state index contributed by atoms with van der Waals surface area (Å²) in [6.45, 7) is 12.8. The fourth-order valence-corrected chi connectivity index (χ4v) is 5.07. The van der Waals surface area contributed by atoms with Gasteiger partial charge in [-0.15, -0.1) is 0 Å². The van der Waals surface area contributed by atoms with Gasteiger partial charge in [-0.05, 0) is 35.4 Å². The van der Waals surface area contributed by atoms with Crippen molar-refractivity contribution in [2.24, 2.45) is 5.41 Å². The highest BCUT2D eigenvalue weighted by Crippen LogP contribution is 2.42. The molecule has 0 spiro atoms. The number of aliphatic hydroxyl groups is 1. The highest BCUT2D eigenvalue weighted by atomic mass is 35.5. The molecule has 3 atom stereocenters. The molecule has 0 radical (unpaired) electrons. The van der Waals surface area contributed by atoms with Gasteiger partial charge in [0.25, 0.3) is 0 Å². The number of anilines is 1. The average molecular weight is 486 g/mol. The van der Waals surface area contributed by atoms with Crippen LogP contribution in [-0.4, -0.2) is 65.2 Å². The van der Waals surface area contributed by atoms with Crippen LogP contribution in [0.1, 0.15) is 68.9 Å². The van der Waals surface area contributed by atoms with Gasteiger partial charge in [-0.25, -0.2) is 9.97 Å². The highest BCUT2D eigenvalue weighted by Gasteiger charge is 2.35. The zero-order valence-corrected chi connectivity index (χ0v) is 21.3. The van der Waals surface area contributed by atoms with Gasteiger partial charge < -0.3 is 20.2 Å². The molecule has 1 aromatic carbocycles. The second-order valence-corrected chi connectivity index (χ2v) is 11.2. The Bertz CT molecular complexity index is 999. The van der Waals surface area contributed by atoms with E-state index in [1.54, 1.807) is 6.33 Å². The molecular formula is C26H36ClN5O2. The number of nitrogens with one attached hydrogen (secondary N) is 1. The molecule has 1 aromatic heterocycles. The molecule has 1 unspecified atom stereocenters. The average Bonchev–Trinajstić information content (AvgIpc) is 3.10. The summed E-state index contributed by atoms with van der Waals surface area (Å²) in [7, 11) is 0. The van der Waals surface area contributed by atoms with E-state index in [1.807, 2.05) is 29.2 Å². The lowest BCUT2D eigenvalue weighted by molar-refractivity contribution is -0.133. The van der Waals surface area contributed by atoms with Crippen LogP contribution in [0.4, 0.5) is 5.82 Å². The lowest BCUT2D eigenvalue weighted by atomic mass is 9.94. The van der Waals surface area contributed by atoms with Crippen molar-refractivity contribution >= 4 is 23.3 Å². The molecule has 2 N–H and O–H groups in total. The van der Waals surface area contributed by atoms with Crippen molar-refractivity contribution in [1.29, 1.82) is 0 Å². The number of rotatable bonds is 6. The Balaban J connectivity index is 1.46. The van der Waals surface area contributed by atoms with Crippen molar-refractivity contribution in [3.05, 3.63) is 52.4 Å². The second-order valence-electron chi connectivity index (χ2n) is 10.8. The molecule has 4 rings (SSSR count). The van der Waals surface area contributed by atoms with Gasteiger partial charge in [0.05, 0.1) is 17.7 Å². The third kappa shape index (κ3) is 5.53. The van der Waals surface area contributed by atoms with Crippen LogP contribution < -0.4 is 10.2 Å². The molecule has 2 heterocycles. The number of hydrogen-bond acceptors (Lipinski definition) is 6. The van der Waals surface area contributed by atoms with Gasteiger partial charge in [-0.3, -0.25) is 4.79 Å². The molecule has 184 valence electrons. The Labute approximate surface area is 207 Å².